The predicted molar refractivity (Wildman–Crippen MR) is 173 cm³/mol. The van der Waals surface area contributed by atoms with E-state index in [0.29, 0.717) is 46.0 Å². The predicted octanol–water partition coefficient (Wildman–Crippen LogP) is 5.94. The largest absolute Gasteiger partial charge is 0.342 e. The van der Waals surface area contributed by atoms with E-state index in [1.807, 2.05) is 54.3 Å². The van der Waals surface area contributed by atoms with Crippen LogP contribution in [0.3, 0.4) is 0 Å². The first-order chi connectivity index (χ1) is 21.8. The summed E-state index contributed by atoms with van der Waals surface area (Å²) in [7, 11) is 0. The van der Waals surface area contributed by atoms with Gasteiger partial charge in [0.1, 0.15) is 23.0 Å². The zero-order chi connectivity index (χ0) is 31.3. The smallest absolute Gasteiger partial charge is 0.244 e. The molecule has 6 rings (SSSR count). The van der Waals surface area contributed by atoms with Crippen LogP contribution >= 0.6 is 23.2 Å². The fraction of sp³-hybridized carbons (Fsp3) is 0.212. The van der Waals surface area contributed by atoms with Crippen molar-refractivity contribution >= 4 is 41.1 Å². The van der Waals surface area contributed by atoms with E-state index >= 15 is 0 Å². The third kappa shape index (κ3) is 7.13. The van der Waals surface area contributed by atoms with Gasteiger partial charge in [-0.3, -0.25) is 9.59 Å². The van der Waals surface area contributed by atoms with Gasteiger partial charge in [0.05, 0.1) is 18.2 Å². The lowest BCUT2D eigenvalue weighted by Gasteiger charge is -2.21. The van der Waals surface area contributed by atoms with Crippen molar-refractivity contribution in [1.29, 1.82) is 0 Å². The van der Waals surface area contributed by atoms with E-state index in [1.54, 1.807) is 24.3 Å². The highest BCUT2D eigenvalue weighted by molar-refractivity contribution is 6.32. The number of halogens is 2. The number of aromatic nitrogens is 6. The quantitative estimate of drug-likeness (QED) is 0.192. The summed E-state index contributed by atoms with van der Waals surface area (Å²) >= 11 is 12.8. The molecule has 1 unspecified atom stereocenters. The number of nitrogens with one attached hydrogen (secondary N) is 2. The van der Waals surface area contributed by atoms with Crippen molar-refractivity contribution in [2.24, 2.45) is 0 Å². The molecule has 2 atom stereocenters. The highest BCUT2D eigenvalue weighted by Crippen LogP contribution is 2.31. The zero-order valence-corrected chi connectivity index (χ0v) is 25.9. The molecule has 2 amide bonds. The number of benzene rings is 3. The van der Waals surface area contributed by atoms with Crippen LogP contribution in [-0.4, -0.2) is 60.0 Å². The minimum Gasteiger partial charge on any atom is -0.342 e. The number of rotatable bonds is 9. The number of aromatic amines is 1. The molecule has 1 aliphatic rings. The van der Waals surface area contributed by atoms with E-state index in [0.717, 1.165) is 17.5 Å². The minimum atomic E-state index is -0.763. The van der Waals surface area contributed by atoms with Gasteiger partial charge < -0.3 is 15.2 Å². The molecule has 0 spiro atoms. The maximum absolute atomic E-state index is 13.6. The van der Waals surface area contributed by atoms with E-state index in [4.69, 9.17) is 28.2 Å². The number of likely N-dealkylation sites (tertiary alicyclic amines) is 1. The Morgan fingerprint density at radius 3 is 2.64 bits per heavy atom. The van der Waals surface area contributed by atoms with Crippen LogP contribution in [0.4, 0.5) is 0 Å². The molecule has 0 radical (unpaired) electrons. The van der Waals surface area contributed by atoms with Crippen LogP contribution in [0.2, 0.25) is 10.2 Å². The molecule has 0 saturated carbocycles. The van der Waals surface area contributed by atoms with Crippen molar-refractivity contribution in [3.63, 3.8) is 0 Å². The average Bonchev–Trinajstić information content (AvgIpc) is 3.83. The van der Waals surface area contributed by atoms with Gasteiger partial charge in [-0.15, -0.1) is 5.10 Å². The van der Waals surface area contributed by atoms with E-state index in [2.05, 4.69) is 38.0 Å². The highest BCUT2D eigenvalue weighted by Gasteiger charge is 2.30. The molecule has 3 heterocycles. The molecular weight excluding hydrogens is 611 g/mol. The third-order valence-electron chi connectivity index (χ3n) is 7.84. The molecule has 0 aliphatic carbocycles. The Morgan fingerprint density at radius 2 is 1.89 bits per heavy atom. The van der Waals surface area contributed by atoms with Crippen LogP contribution in [0.15, 0.2) is 85.2 Å². The number of H-pyrrole nitrogens is 1. The molecule has 2 aromatic heterocycles. The second kappa shape index (κ2) is 13.5. The second-order valence-corrected chi connectivity index (χ2v) is 11.8. The van der Waals surface area contributed by atoms with Crippen LogP contribution < -0.4 is 5.32 Å². The summed E-state index contributed by atoms with van der Waals surface area (Å²) in [5, 5.41) is 15.1. The molecule has 228 valence electrons. The highest BCUT2D eigenvalue weighted by atomic mass is 35.5. The van der Waals surface area contributed by atoms with Gasteiger partial charge in [0.25, 0.3) is 0 Å². The molecule has 5 aromatic rings. The van der Waals surface area contributed by atoms with Gasteiger partial charge >= 0.3 is 0 Å². The lowest BCUT2D eigenvalue weighted by Crippen LogP contribution is -2.35. The Morgan fingerprint density at radius 1 is 1.09 bits per heavy atom. The summed E-state index contributed by atoms with van der Waals surface area (Å²) in [6.07, 6.45) is 5.34. The van der Waals surface area contributed by atoms with Gasteiger partial charge in [0.2, 0.25) is 11.8 Å². The molecular formula is C33H30Cl2N8O2. The Hall–Kier alpha value is -4.80. The van der Waals surface area contributed by atoms with Crippen LogP contribution in [0.5, 0.6) is 0 Å². The second-order valence-electron chi connectivity index (χ2n) is 10.9. The number of hydrogen-bond acceptors (Lipinski definition) is 6. The Kier molecular flexibility index (Phi) is 9.04. The van der Waals surface area contributed by atoms with Crippen LogP contribution in [0, 0.1) is 6.92 Å². The standard InChI is InChI=1S/C33H30Cl2N8O2/c1-21-7-9-23(10-8-21)31-32(35)39-33(38-31)27(18-30(45)42-16-15-25(19-42)22-5-3-2-4-6-22)37-29(44)14-11-24-17-26(34)12-13-28(24)43-20-36-40-41-43/h2-14,17,20,25,27H,15-16,18-19H2,1H3,(H,37,44)(H,38,39)/b14-11+/t25?,27-/m0/s1. The van der Waals surface area contributed by atoms with Crippen molar-refractivity contribution in [3.05, 3.63) is 118 Å². The van der Waals surface area contributed by atoms with E-state index in [1.165, 1.54) is 22.6 Å². The summed E-state index contributed by atoms with van der Waals surface area (Å²) in [5.74, 6) is 0.150. The summed E-state index contributed by atoms with van der Waals surface area (Å²) < 4.78 is 1.48. The van der Waals surface area contributed by atoms with E-state index in [-0.39, 0.29) is 18.2 Å². The van der Waals surface area contributed by atoms with E-state index < -0.39 is 11.9 Å². The van der Waals surface area contributed by atoms with Crippen molar-refractivity contribution < 1.29 is 9.59 Å². The first kappa shape index (κ1) is 30.2. The number of aryl methyl sites for hydroxylation is 1. The fourth-order valence-electron chi connectivity index (χ4n) is 5.47. The number of carbonyl (C=O) groups is 2. The number of amides is 2. The van der Waals surface area contributed by atoms with Gasteiger partial charge in [-0.05, 0) is 53.6 Å². The van der Waals surface area contributed by atoms with Gasteiger partial charge in [-0.1, -0.05) is 83.4 Å². The number of carbonyl (C=O) groups excluding carboxylic acids is 2. The zero-order valence-electron chi connectivity index (χ0n) is 24.4. The van der Waals surface area contributed by atoms with Crippen molar-refractivity contribution in [2.45, 2.75) is 31.7 Å². The molecule has 12 heteroatoms. The summed E-state index contributed by atoms with van der Waals surface area (Å²) in [6, 6.07) is 22.4. The molecule has 0 bridgehead atoms. The monoisotopic (exact) mass is 640 g/mol. The summed E-state index contributed by atoms with van der Waals surface area (Å²) in [6.45, 7) is 3.26. The number of hydrogen-bond donors (Lipinski definition) is 2. The van der Waals surface area contributed by atoms with Gasteiger partial charge in [-0.25, -0.2) is 4.98 Å². The van der Waals surface area contributed by atoms with Crippen molar-refractivity contribution in [2.75, 3.05) is 13.1 Å². The number of nitrogens with zero attached hydrogens (tertiary/aromatic N) is 6. The topological polar surface area (TPSA) is 122 Å². The normalized spacial score (nSPS) is 15.4. The molecule has 2 N–H and O–H groups in total. The first-order valence-corrected chi connectivity index (χ1v) is 15.3. The molecule has 10 nitrogen and oxygen atoms in total. The van der Waals surface area contributed by atoms with Crippen LogP contribution in [-0.2, 0) is 9.59 Å². The fourth-order valence-corrected chi connectivity index (χ4v) is 5.89. The number of imidazole rings is 1. The average molecular weight is 642 g/mol. The number of tetrazole rings is 1. The molecule has 1 aliphatic heterocycles. The Bertz CT molecular complexity index is 1820. The molecule has 1 fully saturated rings. The lowest BCUT2D eigenvalue weighted by atomic mass is 9.99. The Labute approximate surface area is 270 Å². The van der Waals surface area contributed by atoms with Crippen LogP contribution in [0.1, 0.15) is 47.3 Å². The van der Waals surface area contributed by atoms with Crippen molar-refractivity contribution in [1.82, 2.24) is 40.4 Å². The third-order valence-corrected chi connectivity index (χ3v) is 8.35. The minimum absolute atomic E-state index is 0.00527. The summed E-state index contributed by atoms with van der Waals surface area (Å²) in [5.41, 5.74) is 4.96. The SMILES string of the molecule is Cc1ccc(-c2nc([C@H](CC(=O)N3CCC(c4ccccc4)C3)NC(=O)/C=C/c3cc(Cl)ccc3-n3cnnn3)[nH]c2Cl)cc1. The van der Waals surface area contributed by atoms with Gasteiger partial charge in [0.15, 0.2) is 0 Å². The maximum Gasteiger partial charge on any atom is 0.244 e. The van der Waals surface area contributed by atoms with Gasteiger partial charge in [-0.2, -0.15) is 4.68 Å². The molecule has 45 heavy (non-hydrogen) atoms. The van der Waals surface area contributed by atoms with Crippen molar-refractivity contribution in [3.8, 4) is 16.9 Å². The van der Waals surface area contributed by atoms with Crippen LogP contribution in [0.25, 0.3) is 23.0 Å². The first-order valence-electron chi connectivity index (χ1n) is 14.5. The molecule has 1 saturated heterocycles. The van der Waals surface area contributed by atoms with E-state index in [9.17, 15) is 9.59 Å². The Balaban J connectivity index is 1.24. The molecule has 3 aromatic carbocycles. The lowest BCUT2D eigenvalue weighted by molar-refractivity contribution is -0.131. The van der Waals surface area contributed by atoms with Gasteiger partial charge in [0, 0.05) is 41.2 Å². The maximum atomic E-state index is 13.6. The summed E-state index contributed by atoms with van der Waals surface area (Å²) in [4.78, 5) is 36.7.